The summed E-state index contributed by atoms with van der Waals surface area (Å²) in [4.78, 5) is 4.93. The summed E-state index contributed by atoms with van der Waals surface area (Å²) in [6.07, 6.45) is 6.17. The molecule has 10 rings (SSSR count). The molecule has 0 fully saturated rings. The van der Waals surface area contributed by atoms with Gasteiger partial charge < -0.3 is 9.80 Å². The molecule has 2 heteroatoms. The van der Waals surface area contributed by atoms with Crippen LogP contribution in [-0.4, -0.2) is 0 Å². The standard InChI is InChI=1S/C73H78N2/c1-13-14-15-16-19-52-24-26-56(27-25-52)73(66-48-50(2)22-44-62(66)63-45-23-51(3)49-67(63)73)57-34-42-61(43-35-57)75(60-40-32-55(33-41-60)72(10,11)12)69-47-46-68(64-20-17-18-21-65(64)69)74(58-36-28-53(29-37-58)70(4,5)6)59-38-30-54(31-39-59)71(7,8)9/h17-18,20-49H,13-16,19H2,1-12H3. The summed E-state index contributed by atoms with van der Waals surface area (Å²) in [5.74, 6) is 0. The van der Waals surface area contributed by atoms with E-state index in [4.69, 9.17) is 0 Å². The zero-order valence-corrected chi connectivity index (χ0v) is 46.9. The molecule has 0 radical (unpaired) electrons. The third-order valence-electron chi connectivity index (χ3n) is 16.0. The highest BCUT2D eigenvalue weighted by Gasteiger charge is 2.46. The topological polar surface area (TPSA) is 6.48 Å². The van der Waals surface area contributed by atoms with E-state index >= 15 is 0 Å². The number of unbranched alkanes of at least 4 members (excludes halogenated alkanes) is 3. The monoisotopic (exact) mass is 983 g/mol. The molecule has 0 atom stereocenters. The SMILES string of the molecule is CCCCCCc1ccc(C2(c3ccc(N(c4ccc(C(C)(C)C)cc4)c4ccc(N(c5ccc(C(C)(C)C)cc5)c5ccc(C(C)(C)C)cc5)c5ccccc45)cc3)c3cc(C)ccc3-c3ccc(C)cc32)cc1. The second-order valence-electron chi connectivity index (χ2n) is 24.6. The van der Waals surface area contributed by atoms with Crippen LogP contribution in [0.1, 0.15) is 151 Å². The third kappa shape index (κ3) is 9.86. The van der Waals surface area contributed by atoms with Crippen molar-refractivity contribution in [2.45, 2.75) is 137 Å². The normalized spacial score (nSPS) is 13.2. The van der Waals surface area contributed by atoms with Crippen LogP contribution in [0.4, 0.5) is 34.1 Å². The molecule has 0 aliphatic heterocycles. The van der Waals surface area contributed by atoms with Crippen LogP contribution in [0.25, 0.3) is 21.9 Å². The predicted octanol–water partition coefficient (Wildman–Crippen LogP) is 20.8. The molecule has 9 aromatic rings. The zero-order valence-electron chi connectivity index (χ0n) is 46.9. The van der Waals surface area contributed by atoms with Crippen LogP contribution in [0, 0.1) is 13.8 Å². The van der Waals surface area contributed by atoms with E-state index in [1.54, 1.807) is 0 Å². The Bertz CT molecular complexity index is 3340. The quantitative estimate of drug-likeness (QED) is 0.106. The minimum absolute atomic E-state index is 0.0190. The molecule has 0 unspecified atom stereocenters. The number of rotatable bonds is 13. The van der Waals surface area contributed by atoms with Crippen molar-refractivity contribution in [2.75, 3.05) is 9.80 Å². The molecule has 0 saturated carbocycles. The van der Waals surface area contributed by atoms with Crippen molar-refractivity contribution >= 4 is 44.9 Å². The van der Waals surface area contributed by atoms with E-state index < -0.39 is 5.41 Å². The maximum absolute atomic E-state index is 2.48. The Morgan fingerprint density at radius 2 is 0.733 bits per heavy atom. The number of hydrogen-bond acceptors (Lipinski definition) is 2. The molecule has 75 heavy (non-hydrogen) atoms. The Kier molecular flexibility index (Phi) is 13.8. The summed E-state index contributed by atoms with van der Waals surface area (Å²) in [7, 11) is 0. The molecule has 0 N–H and O–H groups in total. The number of fused-ring (bicyclic) bond motifs is 4. The van der Waals surface area contributed by atoms with Crippen molar-refractivity contribution in [3.63, 3.8) is 0 Å². The fourth-order valence-corrected chi connectivity index (χ4v) is 11.7. The molecule has 0 spiro atoms. The van der Waals surface area contributed by atoms with E-state index in [1.165, 1.54) is 103 Å². The van der Waals surface area contributed by atoms with E-state index in [0.29, 0.717) is 0 Å². The Balaban J connectivity index is 1.15. The van der Waals surface area contributed by atoms with Gasteiger partial charge in [-0.05, 0) is 159 Å². The fraction of sp³-hybridized carbons (Fsp3) is 0.288. The average Bonchev–Trinajstić information content (AvgIpc) is 3.67. The first-order chi connectivity index (χ1) is 35.9. The van der Waals surface area contributed by atoms with E-state index in [1.807, 2.05) is 0 Å². The van der Waals surface area contributed by atoms with E-state index in [0.717, 1.165) is 40.5 Å². The molecule has 0 heterocycles. The van der Waals surface area contributed by atoms with Gasteiger partial charge in [-0.15, -0.1) is 0 Å². The van der Waals surface area contributed by atoms with Gasteiger partial charge in [-0.2, -0.15) is 0 Å². The summed E-state index contributed by atoms with van der Waals surface area (Å²) in [6.45, 7) is 27.4. The Labute approximate surface area is 450 Å². The highest BCUT2D eigenvalue weighted by molar-refractivity contribution is 6.07. The van der Waals surface area contributed by atoms with Gasteiger partial charge >= 0.3 is 0 Å². The van der Waals surface area contributed by atoms with Crippen LogP contribution >= 0.6 is 0 Å². The second kappa shape index (κ2) is 20.2. The summed E-state index contributed by atoms with van der Waals surface area (Å²) in [5.41, 5.74) is 22.2. The summed E-state index contributed by atoms with van der Waals surface area (Å²) in [5, 5.41) is 2.36. The third-order valence-corrected chi connectivity index (χ3v) is 16.0. The van der Waals surface area contributed by atoms with Crippen molar-refractivity contribution < 1.29 is 0 Å². The summed E-state index contributed by atoms with van der Waals surface area (Å²) < 4.78 is 0. The Morgan fingerprint density at radius 3 is 1.09 bits per heavy atom. The van der Waals surface area contributed by atoms with Crippen LogP contribution in [0.2, 0.25) is 0 Å². The molecule has 0 aromatic heterocycles. The lowest BCUT2D eigenvalue weighted by Crippen LogP contribution is -2.29. The molecular formula is C73H78N2. The second-order valence-corrected chi connectivity index (χ2v) is 24.6. The number of nitrogens with zero attached hydrogens (tertiary/aromatic N) is 2. The molecule has 380 valence electrons. The van der Waals surface area contributed by atoms with Crippen molar-refractivity contribution in [1.82, 2.24) is 0 Å². The summed E-state index contributed by atoms with van der Waals surface area (Å²) >= 11 is 0. The van der Waals surface area contributed by atoms with Crippen LogP contribution in [-0.2, 0) is 28.1 Å². The van der Waals surface area contributed by atoms with Gasteiger partial charge in [-0.3, -0.25) is 0 Å². The molecule has 1 aliphatic carbocycles. The predicted molar refractivity (Wildman–Crippen MR) is 324 cm³/mol. The first-order valence-electron chi connectivity index (χ1n) is 27.7. The van der Waals surface area contributed by atoms with Crippen molar-refractivity contribution in [1.29, 1.82) is 0 Å². The molecule has 9 aromatic carbocycles. The van der Waals surface area contributed by atoms with Crippen LogP contribution < -0.4 is 9.80 Å². The smallest absolute Gasteiger partial charge is 0.0713 e. The van der Waals surface area contributed by atoms with Crippen LogP contribution in [0.5, 0.6) is 0 Å². The van der Waals surface area contributed by atoms with Gasteiger partial charge in [0, 0.05) is 33.5 Å². The number of anilines is 6. The van der Waals surface area contributed by atoms with Gasteiger partial charge in [0.1, 0.15) is 0 Å². The Morgan fingerprint density at radius 1 is 0.373 bits per heavy atom. The van der Waals surface area contributed by atoms with Gasteiger partial charge in [-0.25, -0.2) is 0 Å². The minimum Gasteiger partial charge on any atom is -0.310 e. The number of aryl methyl sites for hydroxylation is 3. The first kappa shape index (κ1) is 51.3. The summed E-state index contributed by atoms with van der Waals surface area (Å²) in [6, 6.07) is 74.8. The van der Waals surface area contributed by atoms with Crippen molar-refractivity contribution in [3.8, 4) is 11.1 Å². The van der Waals surface area contributed by atoms with Gasteiger partial charge in [0.25, 0.3) is 0 Å². The van der Waals surface area contributed by atoms with Crippen LogP contribution in [0.15, 0.2) is 194 Å². The minimum atomic E-state index is -0.505. The lowest BCUT2D eigenvalue weighted by atomic mass is 9.67. The number of benzene rings is 9. The zero-order chi connectivity index (χ0) is 52.9. The maximum Gasteiger partial charge on any atom is 0.0713 e. The van der Waals surface area contributed by atoms with E-state index in [9.17, 15) is 0 Å². The van der Waals surface area contributed by atoms with Crippen molar-refractivity contribution in [2.24, 2.45) is 0 Å². The lowest BCUT2D eigenvalue weighted by molar-refractivity contribution is 0.590. The van der Waals surface area contributed by atoms with E-state index in [2.05, 4.69) is 287 Å². The van der Waals surface area contributed by atoms with Gasteiger partial charge in [0.15, 0.2) is 0 Å². The molecular weight excluding hydrogens is 905 g/mol. The lowest BCUT2D eigenvalue weighted by Gasteiger charge is -2.35. The van der Waals surface area contributed by atoms with Gasteiger partial charge in [0.2, 0.25) is 0 Å². The molecule has 0 bridgehead atoms. The molecule has 0 saturated heterocycles. The van der Waals surface area contributed by atoms with Gasteiger partial charge in [0.05, 0.1) is 16.8 Å². The largest absolute Gasteiger partial charge is 0.310 e. The fourth-order valence-electron chi connectivity index (χ4n) is 11.7. The van der Waals surface area contributed by atoms with Crippen LogP contribution in [0.3, 0.4) is 0 Å². The average molecular weight is 983 g/mol. The maximum atomic E-state index is 2.48. The number of hydrogen-bond donors (Lipinski definition) is 0. The van der Waals surface area contributed by atoms with E-state index in [-0.39, 0.29) is 16.2 Å². The van der Waals surface area contributed by atoms with Crippen molar-refractivity contribution in [3.05, 3.63) is 250 Å². The highest BCUT2D eigenvalue weighted by Crippen LogP contribution is 2.57. The Hall–Kier alpha value is -7.16. The molecule has 1 aliphatic rings. The molecule has 0 amide bonds. The first-order valence-corrected chi connectivity index (χ1v) is 27.7. The molecule has 2 nitrogen and oxygen atoms in total. The highest BCUT2D eigenvalue weighted by atomic mass is 15.2. The van der Waals surface area contributed by atoms with Gasteiger partial charge in [-0.1, -0.05) is 233 Å².